The van der Waals surface area contributed by atoms with Crippen molar-refractivity contribution < 1.29 is 4.39 Å². The maximum atomic E-state index is 12.2. The summed E-state index contributed by atoms with van der Waals surface area (Å²) in [4.78, 5) is 0. The minimum atomic E-state index is -0.379. The zero-order chi connectivity index (χ0) is 8.81. The van der Waals surface area contributed by atoms with E-state index in [2.05, 4.69) is 0 Å². The van der Waals surface area contributed by atoms with Gasteiger partial charge in [-0.2, -0.15) is 0 Å². The first-order valence-electron chi connectivity index (χ1n) is 4.20. The van der Waals surface area contributed by atoms with Gasteiger partial charge in [-0.3, -0.25) is 0 Å². The fourth-order valence-electron chi connectivity index (χ4n) is 1.17. The van der Waals surface area contributed by atoms with Gasteiger partial charge in [0.15, 0.2) is 0 Å². The van der Waals surface area contributed by atoms with Crippen LogP contribution >= 0.6 is 0 Å². The highest BCUT2D eigenvalue weighted by Gasteiger charge is 1.94. The Bertz CT molecular complexity index is 235. The van der Waals surface area contributed by atoms with Crippen LogP contribution < -0.4 is 5.73 Å². The lowest BCUT2D eigenvalue weighted by Gasteiger charge is -2.00. The van der Waals surface area contributed by atoms with E-state index >= 15 is 0 Å². The minimum absolute atomic E-state index is 0.379. The molecule has 0 atom stereocenters. The topological polar surface area (TPSA) is 26.0 Å². The van der Waals surface area contributed by atoms with Gasteiger partial charge in [0.1, 0.15) is 6.67 Å². The van der Waals surface area contributed by atoms with Crippen molar-refractivity contribution in [2.24, 2.45) is 5.73 Å². The number of benzene rings is 1. The van der Waals surface area contributed by atoms with Gasteiger partial charge in [-0.05, 0) is 30.5 Å². The summed E-state index contributed by atoms with van der Waals surface area (Å²) >= 11 is 0. The molecule has 0 spiro atoms. The van der Waals surface area contributed by atoms with Crippen molar-refractivity contribution in [3.8, 4) is 0 Å². The minimum Gasteiger partial charge on any atom is -0.330 e. The van der Waals surface area contributed by atoms with Crippen LogP contribution in [0, 0.1) is 0 Å². The molecule has 2 heteroatoms. The first-order valence-corrected chi connectivity index (χ1v) is 4.20. The fraction of sp³-hybridized carbons (Fsp3) is 0.400. The van der Waals surface area contributed by atoms with E-state index in [0.29, 0.717) is 6.54 Å². The molecule has 1 nitrogen and oxygen atoms in total. The Morgan fingerprint density at radius 1 is 1.25 bits per heavy atom. The lowest BCUT2D eigenvalue weighted by atomic mass is 10.1. The standard InChI is InChI=1S/C10H14FN/c11-8-10-4-1-3-9(7-10)5-2-6-12/h1,3-4,7H,2,5-6,8,12H2. The van der Waals surface area contributed by atoms with E-state index in [1.165, 1.54) is 5.56 Å². The third-order valence-corrected chi connectivity index (χ3v) is 1.82. The lowest BCUT2D eigenvalue weighted by molar-refractivity contribution is 0.485. The second-order valence-electron chi connectivity index (χ2n) is 2.85. The van der Waals surface area contributed by atoms with Crippen LogP contribution in [0.2, 0.25) is 0 Å². The average molecular weight is 167 g/mol. The van der Waals surface area contributed by atoms with Crippen molar-refractivity contribution in [3.63, 3.8) is 0 Å². The molecule has 0 saturated carbocycles. The molecule has 0 heterocycles. The molecular formula is C10H14FN. The van der Waals surface area contributed by atoms with Crippen LogP contribution in [0.5, 0.6) is 0 Å². The third-order valence-electron chi connectivity index (χ3n) is 1.82. The highest BCUT2D eigenvalue weighted by molar-refractivity contribution is 5.22. The molecule has 0 fully saturated rings. The van der Waals surface area contributed by atoms with Crippen molar-refractivity contribution in [2.75, 3.05) is 6.54 Å². The molecular weight excluding hydrogens is 153 g/mol. The van der Waals surface area contributed by atoms with Crippen LogP contribution in [-0.4, -0.2) is 6.54 Å². The van der Waals surface area contributed by atoms with Crippen molar-refractivity contribution >= 4 is 0 Å². The summed E-state index contributed by atoms with van der Waals surface area (Å²) in [6.07, 6.45) is 1.92. The van der Waals surface area contributed by atoms with E-state index in [4.69, 9.17) is 5.73 Å². The van der Waals surface area contributed by atoms with E-state index in [1.54, 1.807) is 6.07 Å². The van der Waals surface area contributed by atoms with Crippen LogP contribution in [0.25, 0.3) is 0 Å². The van der Waals surface area contributed by atoms with Crippen LogP contribution in [0.15, 0.2) is 24.3 Å². The monoisotopic (exact) mass is 167 g/mol. The Kier molecular flexibility index (Phi) is 3.74. The quantitative estimate of drug-likeness (QED) is 0.729. The average Bonchev–Trinajstić information content (AvgIpc) is 2.15. The highest BCUT2D eigenvalue weighted by atomic mass is 19.1. The maximum absolute atomic E-state index is 12.2. The van der Waals surface area contributed by atoms with E-state index in [9.17, 15) is 4.39 Å². The molecule has 1 rings (SSSR count). The summed E-state index contributed by atoms with van der Waals surface area (Å²) in [5, 5.41) is 0. The summed E-state index contributed by atoms with van der Waals surface area (Å²) in [6, 6.07) is 7.59. The number of alkyl halides is 1. The molecule has 0 aliphatic carbocycles. The van der Waals surface area contributed by atoms with Crippen LogP contribution in [0.1, 0.15) is 17.5 Å². The molecule has 1 aromatic rings. The van der Waals surface area contributed by atoms with Gasteiger partial charge < -0.3 is 5.73 Å². The van der Waals surface area contributed by atoms with Gasteiger partial charge >= 0.3 is 0 Å². The number of nitrogens with two attached hydrogens (primary N) is 1. The Morgan fingerprint density at radius 2 is 2.00 bits per heavy atom. The SMILES string of the molecule is NCCCc1cccc(CF)c1. The van der Waals surface area contributed by atoms with Crippen molar-refractivity contribution in [3.05, 3.63) is 35.4 Å². The molecule has 0 radical (unpaired) electrons. The maximum Gasteiger partial charge on any atom is 0.115 e. The first-order chi connectivity index (χ1) is 5.86. The molecule has 2 N–H and O–H groups in total. The summed E-state index contributed by atoms with van der Waals surface area (Å²) < 4.78 is 12.2. The zero-order valence-corrected chi connectivity index (χ0v) is 7.09. The van der Waals surface area contributed by atoms with Gasteiger partial charge in [-0.15, -0.1) is 0 Å². The molecule has 66 valence electrons. The van der Waals surface area contributed by atoms with E-state index < -0.39 is 0 Å². The molecule has 0 amide bonds. The molecule has 0 aromatic heterocycles. The fourth-order valence-corrected chi connectivity index (χ4v) is 1.17. The van der Waals surface area contributed by atoms with Gasteiger partial charge in [-0.1, -0.05) is 24.3 Å². The van der Waals surface area contributed by atoms with Crippen LogP contribution in [0.4, 0.5) is 4.39 Å². The largest absolute Gasteiger partial charge is 0.330 e. The number of rotatable bonds is 4. The lowest BCUT2D eigenvalue weighted by Crippen LogP contribution is -2.00. The predicted octanol–water partition coefficient (Wildman–Crippen LogP) is 2.05. The molecule has 12 heavy (non-hydrogen) atoms. The van der Waals surface area contributed by atoms with Crippen LogP contribution in [-0.2, 0) is 13.1 Å². The Balaban J connectivity index is 2.60. The van der Waals surface area contributed by atoms with E-state index in [0.717, 1.165) is 18.4 Å². The normalized spacial score (nSPS) is 10.2. The van der Waals surface area contributed by atoms with Crippen molar-refractivity contribution in [2.45, 2.75) is 19.5 Å². The summed E-state index contributed by atoms with van der Waals surface area (Å²) in [7, 11) is 0. The second-order valence-corrected chi connectivity index (χ2v) is 2.85. The number of hydrogen-bond acceptors (Lipinski definition) is 1. The van der Waals surface area contributed by atoms with Crippen molar-refractivity contribution in [1.29, 1.82) is 0 Å². The summed E-state index contributed by atoms with van der Waals surface area (Å²) in [6.45, 7) is 0.316. The highest BCUT2D eigenvalue weighted by Crippen LogP contribution is 2.08. The molecule has 0 saturated heterocycles. The Labute approximate surface area is 72.4 Å². The number of hydrogen-bond donors (Lipinski definition) is 1. The second kappa shape index (κ2) is 4.88. The van der Waals surface area contributed by atoms with Gasteiger partial charge in [0.2, 0.25) is 0 Å². The molecule has 0 aliphatic heterocycles. The Morgan fingerprint density at radius 3 is 2.67 bits per heavy atom. The molecule has 0 bridgehead atoms. The molecule has 0 unspecified atom stereocenters. The molecule has 1 aromatic carbocycles. The van der Waals surface area contributed by atoms with Gasteiger partial charge in [0.25, 0.3) is 0 Å². The van der Waals surface area contributed by atoms with E-state index in [1.807, 2.05) is 18.2 Å². The zero-order valence-electron chi connectivity index (χ0n) is 7.09. The van der Waals surface area contributed by atoms with E-state index in [-0.39, 0.29) is 6.67 Å². The van der Waals surface area contributed by atoms with Gasteiger partial charge in [0.05, 0.1) is 0 Å². The third kappa shape index (κ3) is 2.62. The van der Waals surface area contributed by atoms with Crippen LogP contribution in [0.3, 0.4) is 0 Å². The summed E-state index contributed by atoms with van der Waals surface area (Å²) in [5.74, 6) is 0. The van der Waals surface area contributed by atoms with Gasteiger partial charge in [-0.25, -0.2) is 4.39 Å². The summed E-state index contributed by atoms with van der Waals surface area (Å²) in [5.41, 5.74) is 7.30. The van der Waals surface area contributed by atoms with Gasteiger partial charge in [0, 0.05) is 0 Å². The first kappa shape index (κ1) is 9.20. The molecule has 0 aliphatic rings. The number of halogens is 1. The Hall–Kier alpha value is -0.890. The predicted molar refractivity (Wildman–Crippen MR) is 48.6 cm³/mol. The number of aryl methyl sites for hydroxylation is 1. The van der Waals surface area contributed by atoms with Crippen molar-refractivity contribution in [1.82, 2.24) is 0 Å². The smallest absolute Gasteiger partial charge is 0.115 e.